The van der Waals surface area contributed by atoms with Crippen LogP contribution in [0.4, 0.5) is 4.39 Å². The molecule has 1 aliphatic rings. The Kier molecular flexibility index (Phi) is 4.78. The Morgan fingerprint density at radius 1 is 1.29 bits per heavy atom. The van der Waals surface area contributed by atoms with E-state index in [4.69, 9.17) is 16.3 Å². The van der Waals surface area contributed by atoms with Crippen molar-refractivity contribution in [3.05, 3.63) is 28.2 Å². The quantitative estimate of drug-likeness (QED) is 0.769. The molecule has 114 valence electrons. The largest absolute Gasteiger partial charge is 0.379 e. The molecule has 0 unspecified atom stereocenters. The van der Waals surface area contributed by atoms with Gasteiger partial charge in [0, 0.05) is 32.2 Å². The molecule has 3 rings (SSSR count). The Balaban J connectivity index is 1.86. The third kappa shape index (κ3) is 3.23. The zero-order valence-corrected chi connectivity index (χ0v) is 13.8. The van der Waals surface area contributed by atoms with Gasteiger partial charge in [-0.25, -0.2) is 9.37 Å². The Labute approximate surface area is 136 Å². The molecule has 1 saturated heterocycles. The normalized spacial score (nSPS) is 16.7. The van der Waals surface area contributed by atoms with E-state index in [1.807, 2.05) is 4.57 Å². The first-order chi connectivity index (χ1) is 10.2. The zero-order valence-electron chi connectivity index (χ0n) is 11.5. The van der Waals surface area contributed by atoms with Crippen molar-refractivity contribution in [2.24, 2.45) is 0 Å². The second-order valence-corrected chi connectivity index (χ2v) is 6.14. The third-order valence-electron chi connectivity index (χ3n) is 3.73. The molecule has 0 aliphatic carbocycles. The van der Waals surface area contributed by atoms with Gasteiger partial charge in [0.15, 0.2) is 0 Å². The van der Waals surface area contributed by atoms with Crippen molar-refractivity contribution in [1.82, 2.24) is 14.5 Å². The fourth-order valence-electron chi connectivity index (χ4n) is 2.59. The molecule has 1 aliphatic heterocycles. The minimum atomic E-state index is -0.281. The molecule has 0 spiro atoms. The highest BCUT2D eigenvalue weighted by Gasteiger charge is 2.15. The number of hydrogen-bond acceptors (Lipinski definition) is 3. The summed E-state index contributed by atoms with van der Waals surface area (Å²) in [6.45, 7) is 5.05. The number of alkyl halides is 1. The van der Waals surface area contributed by atoms with Gasteiger partial charge in [0.05, 0.1) is 34.6 Å². The van der Waals surface area contributed by atoms with Crippen molar-refractivity contribution in [2.45, 2.75) is 12.4 Å². The predicted octanol–water partition coefficient (Wildman–Crippen LogP) is 3.01. The fraction of sp³-hybridized carbons (Fsp3) is 0.500. The van der Waals surface area contributed by atoms with Crippen LogP contribution in [0.2, 0.25) is 0 Å². The second-order valence-electron chi connectivity index (χ2n) is 5.02. The first kappa shape index (κ1) is 15.2. The lowest BCUT2D eigenvalue weighted by molar-refractivity contribution is 0.0364. The molecular formula is C14H16BrClFN3O. The Bertz CT molecular complexity index is 643. The molecule has 0 saturated carbocycles. The summed E-state index contributed by atoms with van der Waals surface area (Å²) in [6, 6.07) is 3.22. The predicted molar refractivity (Wildman–Crippen MR) is 84.2 cm³/mol. The highest BCUT2D eigenvalue weighted by Crippen LogP contribution is 2.25. The number of rotatable bonds is 4. The lowest BCUT2D eigenvalue weighted by Gasteiger charge is -2.26. The average molecular weight is 377 g/mol. The van der Waals surface area contributed by atoms with Crippen LogP contribution < -0.4 is 0 Å². The molecule has 2 heterocycles. The minimum absolute atomic E-state index is 0.281. The molecule has 0 N–H and O–H groups in total. The van der Waals surface area contributed by atoms with Crippen LogP contribution in [0.5, 0.6) is 0 Å². The maximum Gasteiger partial charge on any atom is 0.139 e. The van der Waals surface area contributed by atoms with E-state index in [0.29, 0.717) is 10.4 Å². The number of hydrogen-bond donors (Lipinski definition) is 0. The molecule has 4 nitrogen and oxygen atoms in total. The van der Waals surface area contributed by atoms with Crippen molar-refractivity contribution >= 4 is 38.6 Å². The van der Waals surface area contributed by atoms with Crippen molar-refractivity contribution < 1.29 is 9.13 Å². The Morgan fingerprint density at radius 3 is 2.76 bits per heavy atom. The fourth-order valence-corrected chi connectivity index (χ4v) is 3.12. The van der Waals surface area contributed by atoms with Crippen molar-refractivity contribution in [3.8, 4) is 0 Å². The van der Waals surface area contributed by atoms with Crippen LogP contribution in [0, 0.1) is 5.82 Å². The number of nitrogens with zero attached hydrogens (tertiary/aromatic N) is 3. The van der Waals surface area contributed by atoms with Crippen LogP contribution in [0.15, 0.2) is 16.6 Å². The van der Waals surface area contributed by atoms with Crippen molar-refractivity contribution in [3.63, 3.8) is 0 Å². The summed E-state index contributed by atoms with van der Waals surface area (Å²) in [5.74, 6) is 0.811. The van der Waals surface area contributed by atoms with Gasteiger partial charge >= 0.3 is 0 Å². The summed E-state index contributed by atoms with van der Waals surface area (Å²) in [7, 11) is 0. The van der Waals surface area contributed by atoms with Gasteiger partial charge in [-0.3, -0.25) is 4.90 Å². The lowest BCUT2D eigenvalue weighted by atomic mass is 10.3. The van der Waals surface area contributed by atoms with Crippen LogP contribution in [-0.2, 0) is 17.2 Å². The number of imidazole rings is 1. The number of aromatic nitrogens is 2. The maximum atomic E-state index is 13.8. The van der Waals surface area contributed by atoms with E-state index in [9.17, 15) is 4.39 Å². The lowest BCUT2D eigenvalue weighted by Crippen LogP contribution is -2.38. The number of benzene rings is 1. The summed E-state index contributed by atoms with van der Waals surface area (Å²) in [5, 5.41) is 0. The van der Waals surface area contributed by atoms with Gasteiger partial charge < -0.3 is 9.30 Å². The van der Waals surface area contributed by atoms with E-state index in [0.717, 1.165) is 56.3 Å². The van der Waals surface area contributed by atoms with Crippen LogP contribution in [-0.4, -0.2) is 47.3 Å². The van der Waals surface area contributed by atoms with Crippen LogP contribution in [0.1, 0.15) is 5.82 Å². The van der Waals surface area contributed by atoms with Crippen LogP contribution in [0.3, 0.4) is 0 Å². The summed E-state index contributed by atoms with van der Waals surface area (Å²) < 4.78 is 21.6. The number of fused-ring (bicyclic) bond motifs is 1. The smallest absolute Gasteiger partial charge is 0.139 e. The number of ether oxygens (including phenoxy) is 1. The van der Waals surface area contributed by atoms with Gasteiger partial charge in [-0.1, -0.05) is 0 Å². The van der Waals surface area contributed by atoms with Gasteiger partial charge in [0.25, 0.3) is 0 Å². The second kappa shape index (κ2) is 6.60. The van der Waals surface area contributed by atoms with Crippen molar-refractivity contribution in [1.29, 1.82) is 0 Å². The zero-order chi connectivity index (χ0) is 14.8. The molecule has 1 aromatic carbocycles. The SMILES string of the molecule is Fc1cc2c(cc1Br)nc(CCl)n2CCN1CCOCC1. The van der Waals surface area contributed by atoms with Gasteiger partial charge in [0.2, 0.25) is 0 Å². The number of halogens is 3. The molecule has 1 aromatic heterocycles. The topological polar surface area (TPSA) is 30.3 Å². The molecular weight excluding hydrogens is 361 g/mol. The summed E-state index contributed by atoms with van der Waals surface area (Å²) in [5.41, 5.74) is 1.56. The van der Waals surface area contributed by atoms with Crippen LogP contribution >= 0.6 is 27.5 Å². The van der Waals surface area contributed by atoms with E-state index < -0.39 is 0 Å². The minimum Gasteiger partial charge on any atom is -0.379 e. The maximum absolute atomic E-state index is 13.8. The highest BCUT2D eigenvalue weighted by atomic mass is 79.9. The monoisotopic (exact) mass is 375 g/mol. The molecule has 7 heteroatoms. The van der Waals surface area contributed by atoms with E-state index in [-0.39, 0.29) is 5.82 Å². The van der Waals surface area contributed by atoms with E-state index in [1.165, 1.54) is 6.07 Å². The molecule has 1 fully saturated rings. The first-order valence-corrected chi connectivity index (χ1v) is 8.22. The first-order valence-electron chi connectivity index (χ1n) is 6.89. The Morgan fingerprint density at radius 2 is 2.05 bits per heavy atom. The van der Waals surface area contributed by atoms with E-state index in [2.05, 4.69) is 25.8 Å². The van der Waals surface area contributed by atoms with Gasteiger partial charge in [-0.15, -0.1) is 11.6 Å². The highest BCUT2D eigenvalue weighted by molar-refractivity contribution is 9.10. The van der Waals surface area contributed by atoms with Crippen molar-refractivity contribution in [2.75, 3.05) is 32.8 Å². The third-order valence-corrected chi connectivity index (χ3v) is 4.58. The molecule has 21 heavy (non-hydrogen) atoms. The van der Waals surface area contributed by atoms with Gasteiger partial charge in [-0.05, 0) is 22.0 Å². The molecule has 0 amide bonds. The number of morpholine rings is 1. The average Bonchev–Trinajstić information content (AvgIpc) is 2.83. The van der Waals surface area contributed by atoms with Gasteiger partial charge in [-0.2, -0.15) is 0 Å². The van der Waals surface area contributed by atoms with E-state index in [1.54, 1.807) is 6.07 Å². The molecule has 0 bridgehead atoms. The molecule has 0 atom stereocenters. The molecule has 2 aromatic rings. The summed E-state index contributed by atoms with van der Waals surface area (Å²) in [6.07, 6.45) is 0. The molecule has 0 radical (unpaired) electrons. The summed E-state index contributed by atoms with van der Waals surface area (Å²) >= 11 is 9.18. The van der Waals surface area contributed by atoms with Crippen LogP contribution in [0.25, 0.3) is 11.0 Å². The Hall–Kier alpha value is -0.690. The standard InChI is InChI=1S/C14H16BrClFN3O/c15-10-7-12-13(8-11(10)17)20(14(9-16)18-12)2-1-19-3-5-21-6-4-19/h7-8H,1-6,9H2. The summed E-state index contributed by atoms with van der Waals surface area (Å²) in [4.78, 5) is 6.82. The van der Waals surface area contributed by atoms with Gasteiger partial charge in [0.1, 0.15) is 11.6 Å². The van der Waals surface area contributed by atoms with E-state index >= 15 is 0 Å².